The van der Waals surface area contributed by atoms with Gasteiger partial charge in [0.15, 0.2) is 0 Å². The first kappa shape index (κ1) is 12.1. The molecule has 0 aliphatic rings. The molecule has 0 aliphatic heterocycles. The summed E-state index contributed by atoms with van der Waals surface area (Å²) in [5.74, 6) is 0.199. The Kier molecular flexibility index (Phi) is 4.63. The molecule has 1 rings (SSSR count). The fraction of sp³-hybridized carbons (Fsp3) is 0.417. The van der Waals surface area contributed by atoms with Crippen molar-refractivity contribution in [2.75, 3.05) is 6.54 Å². The van der Waals surface area contributed by atoms with E-state index < -0.39 is 5.38 Å². The van der Waals surface area contributed by atoms with Gasteiger partial charge in [0.1, 0.15) is 5.38 Å². The van der Waals surface area contributed by atoms with Crippen molar-refractivity contribution < 1.29 is 4.79 Å². The van der Waals surface area contributed by atoms with Crippen LogP contribution < -0.4 is 5.32 Å². The third-order valence-electron chi connectivity index (χ3n) is 2.31. The molecule has 1 aromatic rings. The molecule has 0 aliphatic carbocycles. The number of benzene rings is 1. The summed E-state index contributed by atoms with van der Waals surface area (Å²) in [4.78, 5) is 11.2. The zero-order valence-corrected chi connectivity index (χ0v) is 9.79. The van der Waals surface area contributed by atoms with Crippen molar-refractivity contribution in [2.45, 2.75) is 25.1 Å². The fourth-order valence-electron chi connectivity index (χ4n) is 1.29. The summed E-state index contributed by atoms with van der Waals surface area (Å²) >= 11 is 5.65. The van der Waals surface area contributed by atoms with Crippen molar-refractivity contribution in [3.8, 4) is 0 Å². The van der Waals surface area contributed by atoms with Gasteiger partial charge >= 0.3 is 0 Å². The van der Waals surface area contributed by atoms with Gasteiger partial charge in [-0.15, -0.1) is 11.6 Å². The minimum atomic E-state index is -0.465. The molecule has 0 saturated heterocycles. The van der Waals surface area contributed by atoms with E-state index in [9.17, 15) is 4.79 Å². The van der Waals surface area contributed by atoms with Crippen molar-refractivity contribution >= 4 is 17.5 Å². The normalized spacial score (nSPS) is 14.3. The van der Waals surface area contributed by atoms with Crippen LogP contribution in [0.4, 0.5) is 0 Å². The zero-order valence-electron chi connectivity index (χ0n) is 9.03. The van der Waals surface area contributed by atoms with Gasteiger partial charge < -0.3 is 5.32 Å². The number of halogens is 1. The molecular formula is C12H16ClNO. The van der Waals surface area contributed by atoms with Gasteiger partial charge in [0, 0.05) is 6.54 Å². The monoisotopic (exact) mass is 225 g/mol. The Morgan fingerprint density at radius 2 is 1.93 bits per heavy atom. The highest BCUT2D eigenvalue weighted by Crippen LogP contribution is 2.13. The highest BCUT2D eigenvalue weighted by Gasteiger charge is 2.10. The summed E-state index contributed by atoms with van der Waals surface area (Å²) in [5.41, 5.74) is 1.22. The fourth-order valence-corrected chi connectivity index (χ4v) is 1.37. The van der Waals surface area contributed by atoms with Gasteiger partial charge in [-0.2, -0.15) is 0 Å². The van der Waals surface area contributed by atoms with Crippen LogP contribution in [-0.2, 0) is 4.79 Å². The molecule has 0 bridgehead atoms. The second kappa shape index (κ2) is 5.76. The number of hydrogen-bond acceptors (Lipinski definition) is 1. The molecule has 1 aromatic carbocycles. The highest BCUT2D eigenvalue weighted by molar-refractivity contribution is 6.30. The quantitative estimate of drug-likeness (QED) is 0.784. The van der Waals surface area contributed by atoms with Gasteiger partial charge in [-0.3, -0.25) is 4.79 Å². The number of hydrogen-bond donors (Lipinski definition) is 1. The molecule has 0 saturated carbocycles. The van der Waals surface area contributed by atoms with Gasteiger partial charge in [0.2, 0.25) is 5.91 Å². The number of alkyl halides is 1. The summed E-state index contributed by atoms with van der Waals surface area (Å²) < 4.78 is 0. The van der Waals surface area contributed by atoms with Crippen LogP contribution in [0.1, 0.15) is 25.3 Å². The van der Waals surface area contributed by atoms with Gasteiger partial charge in [0.25, 0.3) is 0 Å². The van der Waals surface area contributed by atoms with E-state index in [0.29, 0.717) is 12.5 Å². The lowest BCUT2D eigenvalue weighted by atomic mass is 10.0. The Balaban J connectivity index is 2.44. The minimum absolute atomic E-state index is 0.112. The first-order valence-electron chi connectivity index (χ1n) is 5.08. The van der Waals surface area contributed by atoms with Gasteiger partial charge in [-0.1, -0.05) is 37.3 Å². The van der Waals surface area contributed by atoms with Crippen molar-refractivity contribution in [2.24, 2.45) is 0 Å². The summed E-state index contributed by atoms with van der Waals surface area (Å²) in [6.07, 6.45) is 0. The van der Waals surface area contributed by atoms with Gasteiger partial charge in [0.05, 0.1) is 0 Å². The lowest BCUT2D eigenvalue weighted by molar-refractivity contribution is -0.120. The zero-order chi connectivity index (χ0) is 11.3. The summed E-state index contributed by atoms with van der Waals surface area (Å²) in [7, 11) is 0. The van der Waals surface area contributed by atoms with Gasteiger partial charge in [-0.05, 0) is 18.4 Å². The van der Waals surface area contributed by atoms with Crippen LogP contribution in [0.3, 0.4) is 0 Å². The lowest BCUT2D eigenvalue weighted by Gasteiger charge is -2.13. The van der Waals surface area contributed by atoms with E-state index in [1.165, 1.54) is 5.56 Å². The minimum Gasteiger partial charge on any atom is -0.354 e. The van der Waals surface area contributed by atoms with Crippen molar-refractivity contribution in [1.29, 1.82) is 0 Å². The average Bonchev–Trinajstić information content (AvgIpc) is 2.26. The lowest BCUT2D eigenvalue weighted by Crippen LogP contribution is -2.32. The molecule has 1 N–H and O–H groups in total. The van der Waals surface area contributed by atoms with Gasteiger partial charge in [-0.25, -0.2) is 0 Å². The van der Waals surface area contributed by atoms with E-state index in [1.807, 2.05) is 18.2 Å². The topological polar surface area (TPSA) is 29.1 Å². The molecular weight excluding hydrogens is 210 g/mol. The predicted molar refractivity (Wildman–Crippen MR) is 63.2 cm³/mol. The molecule has 0 radical (unpaired) electrons. The number of carbonyl (C=O) groups is 1. The summed E-state index contributed by atoms with van der Waals surface area (Å²) in [6, 6.07) is 10.1. The molecule has 0 aromatic heterocycles. The number of rotatable bonds is 4. The largest absolute Gasteiger partial charge is 0.354 e. The Labute approximate surface area is 95.6 Å². The van der Waals surface area contributed by atoms with Crippen LogP contribution in [0.5, 0.6) is 0 Å². The van der Waals surface area contributed by atoms with E-state index >= 15 is 0 Å². The van der Waals surface area contributed by atoms with Crippen molar-refractivity contribution in [3.05, 3.63) is 35.9 Å². The standard InChI is InChI=1S/C12H16ClNO/c1-9(8-14-12(15)10(2)13)11-6-4-3-5-7-11/h3-7,9-10H,8H2,1-2H3,(H,14,15). The maximum absolute atomic E-state index is 11.2. The number of nitrogens with one attached hydrogen (secondary N) is 1. The van der Waals surface area contributed by atoms with Crippen LogP contribution in [0.2, 0.25) is 0 Å². The summed E-state index contributed by atoms with van der Waals surface area (Å²) in [5, 5.41) is 2.34. The smallest absolute Gasteiger partial charge is 0.237 e. The Morgan fingerprint density at radius 3 is 2.47 bits per heavy atom. The molecule has 0 spiro atoms. The van der Waals surface area contributed by atoms with E-state index in [-0.39, 0.29) is 5.91 Å². The summed E-state index contributed by atoms with van der Waals surface area (Å²) in [6.45, 7) is 4.37. The predicted octanol–water partition coefficient (Wildman–Crippen LogP) is 2.53. The van der Waals surface area contributed by atoms with E-state index in [4.69, 9.17) is 11.6 Å². The third kappa shape index (κ3) is 3.92. The number of amides is 1. The highest BCUT2D eigenvalue weighted by atomic mass is 35.5. The average molecular weight is 226 g/mol. The molecule has 1 amide bonds. The van der Waals surface area contributed by atoms with Crippen LogP contribution >= 0.6 is 11.6 Å². The van der Waals surface area contributed by atoms with Crippen molar-refractivity contribution in [3.63, 3.8) is 0 Å². The molecule has 0 heterocycles. The molecule has 2 atom stereocenters. The van der Waals surface area contributed by atoms with E-state index in [0.717, 1.165) is 0 Å². The molecule has 2 nitrogen and oxygen atoms in total. The molecule has 0 fully saturated rings. The third-order valence-corrected chi connectivity index (χ3v) is 2.51. The Hall–Kier alpha value is -1.02. The Morgan fingerprint density at radius 1 is 1.33 bits per heavy atom. The maximum Gasteiger partial charge on any atom is 0.237 e. The first-order valence-corrected chi connectivity index (χ1v) is 5.51. The van der Waals surface area contributed by atoms with Crippen LogP contribution in [0.25, 0.3) is 0 Å². The maximum atomic E-state index is 11.2. The SMILES string of the molecule is CC(Cl)C(=O)NCC(C)c1ccccc1. The molecule has 82 valence electrons. The second-order valence-corrected chi connectivity index (χ2v) is 4.33. The van der Waals surface area contributed by atoms with Crippen LogP contribution in [0, 0.1) is 0 Å². The Bertz CT molecular complexity index is 311. The number of carbonyl (C=O) groups excluding carboxylic acids is 1. The first-order chi connectivity index (χ1) is 7.11. The molecule has 2 unspecified atom stereocenters. The molecule has 3 heteroatoms. The second-order valence-electron chi connectivity index (χ2n) is 3.67. The van der Waals surface area contributed by atoms with Crippen LogP contribution in [-0.4, -0.2) is 17.8 Å². The van der Waals surface area contributed by atoms with E-state index in [1.54, 1.807) is 6.92 Å². The van der Waals surface area contributed by atoms with Crippen LogP contribution in [0.15, 0.2) is 30.3 Å². The van der Waals surface area contributed by atoms with E-state index in [2.05, 4.69) is 24.4 Å². The molecule has 15 heavy (non-hydrogen) atoms. The van der Waals surface area contributed by atoms with Crippen molar-refractivity contribution in [1.82, 2.24) is 5.32 Å².